The molecule has 2 N–H and O–H groups in total. The largest absolute Gasteiger partial charge is 0.329 e. The van der Waals surface area contributed by atoms with E-state index in [-0.39, 0.29) is 0 Å². The quantitative estimate of drug-likeness (QED) is 0.797. The summed E-state index contributed by atoms with van der Waals surface area (Å²) in [6.45, 7) is 5.76. The predicted molar refractivity (Wildman–Crippen MR) is 68.3 cm³/mol. The maximum absolute atomic E-state index is 6.01. The highest BCUT2D eigenvalue weighted by Gasteiger charge is 2.41. The zero-order chi connectivity index (χ0) is 10.7. The Morgan fingerprint density at radius 1 is 1.53 bits per heavy atom. The van der Waals surface area contributed by atoms with E-state index in [1.54, 1.807) is 0 Å². The molecule has 2 saturated heterocycles. The monoisotopic (exact) mass is 228 g/mol. The summed E-state index contributed by atoms with van der Waals surface area (Å²) >= 11 is 2.09. The van der Waals surface area contributed by atoms with Gasteiger partial charge in [0.25, 0.3) is 0 Å². The fourth-order valence-corrected chi connectivity index (χ4v) is 4.54. The van der Waals surface area contributed by atoms with Gasteiger partial charge in [0.05, 0.1) is 0 Å². The lowest BCUT2D eigenvalue weighted by Crippen LogP contribution is -2.53. The molecular weight excluding hydrogens is 204 g/mol. The van der Waals surface area contributed by atoms with Gasteiger partial charge >= 0.3 is 0 Å². The molecule has 0 saturated carbocycles. The molecule has 2 unspecified atom stereocenters. The van der Waals surface area contributed by atoms with Crippen LogP contribution in [0.4, 0.5) is 0 Å². The second kappa shape index (κ2) is 5.07. The van der Waals surface area contributed by atoms with Gasteiger partial charge in [-0.3, -0.25) is 4.90 Å². The zero-order valence-electron chi connectivity index (χ0n) is 9.87. The molecule has 15 heavy (non-hydrogen) atoms. The van der Waals surface area contributed by atoms with E-state index in [2.05, 4.69) is 23.6 Å². The molecule has 0 aliphatic carbocycles. The van der Waals surface area contributed by atoms with Crippen LogP contribution in [0.25, 0.3) is 0 Å². The standard InChI is InChI=1S/C12H24N2S/c1-2-3-11-4-6-14(8-11)12(9-13)5-7-15-10-12/h11H,2-10,13H2,1H3. The van der Waals surface area contributed by atoms with Crippen LogP contribution in [-0.2, 0) is 0 Å². The summed E-state index contributed by atoms with van der Waals surface area (Å²) in [5.74, 6) is 3.53. The summed E-state index contributed by atoms with van der Waals surface area (Å²) in [5, 5.41) is 0. The molecule has 0 aromatic carbocycles. The van der Waals surface area contributed by atoms with E-state index < -0.39 is 0 Å². The fourth-order valence-electron chi connectivity index (χ4n) is 3.04. The topological polar surface area (TPSA) is 29.3 Å². The average molecular weight is 228 g/mol. The van der Waals surface area contributed by atoms with E-state index in [9.17, 15) is 0 Å². The van der Waals surface area contributed by atoms with Crippen molar-refractivity contribution in [2.45, 2.75) is 38.1 Å². The number of likely N-dealkylation sites (tertiary alicyclic amines) is 1. The number of thioether (sulfide) groups is 1. The van der Waals surface area contributed by atoms with E-state index in [1.165, 1.54) is 50.3 Å². The molecule has 2 heterocycles. The molecule has 0 aromatic rings. The Hall–Kier alpha value is 0.270. The zero-order valence-corrected chi connectivity index (χ0v) is 10.7. The highest BCUT2D eigenvalue weighted by Crippen LogP contribution is 2.36. The third-order valence-electron chi connectivity index (χ3n) is 4.12. The van der Waals surface area contributed by atoms with Gasteiger partial charge in [0.1, 0.15) is 0 Å². The minimum Gasteiger partial charge on any atom is -0.329 e. The van der Waals surface area contributed by atoms with Crippen LogP contribution in [0.5, 0.6) is 0 Å². The van der Waals surface area contributed by atoms with Gasteiger partial charge < -0.3 is 5.73 Å². The molecule has 0 aromatic heterocycles. The normalized spacial score (nSPS) is 37.6. The summed E-state index contributed by atoms with van der Waals surface area (Å²) in [6, 6.07) is 0. The summed E-state index contributed by atoms with van der Waals surface area (Å²) in [4.78, 5) is 2.70. The van der Waals surface area contributed by atoms with Crippen molar-refractivity contribution < 1.29 is 0 Å². The first kappa shape index (κ1) is 11.7. The SMILES string of the molecule is CCCC1CCN(C2(CN)CCSC2)C1. The van der Waals surface area contributed by atoms with Crippen LogP contribution in [0, 0.1) is 5.92 Å². The second-order valence-corrected chi connectivity index (χ2v) is 6.23. The van der Waals surface area contributed by atoms with Gasteiger partial charge in [-0.05, 0) is 37.5 Å². The van der Waals surface area contributed by atoms with Gasteiger partial charge in [0.15, 0.2) is 0 Å². The number of nitrogens with zero attached hydrogens (tertiary/aromatic N) is 1. The molecule has 88 valence electrons. The van der Waals surface area contributed by atoms with Gasteiger partial charge in [-0.2, -0.15) is 11.8 Å². The molecule has 0 spiro atoms. The Labute approximate surface area is 98.0 Å². The van der Waals surface area contributed by atoms with Crippen LogP contribution in [0.3, 0.4) is 0 Å². The minimum absolute atomic E-state index is 0.368. The fraction of sp³-hybridized carbons (Fsp3) is 1.00. The van der Waals surface area contributed by atoms with Crippen molar-refractivity contribution in [1.82, 2.24) is 4.90 Å². The number of hydrogen-bond donors (Lipinski definition) is 1. The molecule has 0 bridgehead atoms. The average Bonchev–Trinajstić information content (AvgIpc) is 2.86. The first-order valence-electron chi connectivity index (χ1n) is 6.33. The molecule has 0 amide bonds. The van der Waals surface area contributed by atoms with E-state index in [0.29, 0.717) is 5.54 Å². The Morgan fingerprint density at radius 3 is 3.00 bits per heavy atom. The lowest BCUT2D eigenvalue weighted by Gasteiger charge is -2.37. The van der Waals surface area contributed by atoms with E-state index in [4.69, 9.17) is 5.73 Å². The van der Waals surface area contributed by atoms with Crippen molar-refractivity contribution in [3.8, 4) is 0 Å². The Kier molecular flexibility index (Phi) is 3.97. The highest BCUT2D eigenvalue weighted by atomic mass is 32.2. The highest BCUT2D eigenvalue weighted by molar-refractivity contribution is 7.99. The van der Waals surface area contributed by atoms with Crippen molar-refractivity contribution in [2.24, 2.45) is 11.7 Å². The maximum Gasteiger partial charge on any atom is 0.0429 e. The first-order valence-corrected chi connectivity index (χ1v) is 7.49. The summed E-state index contributed by atoms with van der Waals surface area (Å²) < 4.78 is 0. The van der Waals surface area contributed by atoms with E-state index >= 15 is 0 Å². The van der Waals surface area contributed by atoms with Crippen LogP contribution >= 0.6 is 11.8 Å². The van der Waals surface area contributed by atoms with Crippen molar-refractivity contribution >= 4 is 11.8 Å². The van der Waals surface area contributed by atoms with Gasteiger partial charge in [-0.25, -0.2) is 0 Å². The molecule has 2 aliphatic rings. The van der Waals surface area contributed by atoms with Crippen LogP contribution in [-0.4, -0.2) is 41.6 Å². The third kappa shape index (κ3) is 2.34. The molecule has 2 rings (SSSR count). The molecule has 3 heteroatoms. The van der Waals surface area contributed by atoms with Crippen molar-refractivity contribution in [1.29, 1.82) is 0 Å². The van der Waals surface area contributed by atoms with Crippen molar-refractivity contribution in [2.75, 3.05) is 31.1 Å². The van der Waals surface area contributed by atoms with Gasteiger partial charge in [-0.1, -0.05) is 13.3 Å². The van der Waals surface area contributed by atoms with E-state index in [0.717, 1.165) is 12.5 Å². The van der Waals surface area contributed by atoms with Crippen LogP contribution < -0.4 is 5.73 Å². The number of rotatable bonds is 4. The first-order chi connectivity index (χ1) is 7.30. The van der Waals surface area contributed by atoms with Crippen LogP contribution in [0.2, 0.25) is 0 Å². The Morgan fingerprint density at radius 2 is 2.40 bits per heavy atom. The second-order valence-electron chi connectivity index (χ2n) is 5.12. The predicted octanol–water partition coefficient (Wildman–Crippen LogP) is 1.94. The molecule has 0 radical (unpaired) electrons. The molecule has 2 fully saturated rings. The van der Waals surface area contributed by atoms with Gasteiger partial charge in [-0.15, -0.1) is 0 Å². The van der Waals surface area contributed by atoms with Crippen molar-refractivity contribution in [3.05, 3.63) is 0 Å². The Balaban J connectivity index is 1.93. The smallest absolute Gasteiger partial charge is 0.0429 e. The maximum atomic E-state index is 6.01. The third-order valence-corrected chi connectivity index (χ3v) is 5.35. The molecule has 2 atom stereocenters. The lowest BCUT2D eigenvalue weighted by atomic mass is 9.96. The van der Waals surface area contributed by atoms with Crippen LogP contribution in [0.15, 0.2) is 0 Å². The molecule has 2 nitrogen and oxygen atoms in total. The molecule has 2 aliphatic heterocycles. The summed E-state index contributed by atoms with van der Waals surface area (Å²) in [7, 11) is 0. The number of hydrogen-bond acceptors (Lipinski definition) is 3. The van der Waals surface area contributed by atoms with Gasteiger partial charge in [0, 0.05) is 24.4 Å². The molecular formula is C12H24N2S. The lowest BCUT2D eigenvalue weighted by molar-refractivity contribution is 0.143. The van der Waals surface area contributed by atoms with Crippen molar-refractivity contribution in [3.63, 3.8) is 0 Å². The summed E-state index contributed by atoms with van der Waals surface area (Å²) in [6.07, 6.45) is 5.46. The van der Waals surface area contributed by atoms with Crippen LogP contribution in [0.1, 0.15) is 32.6 Å². The van der Waals surface area contributed by atoms with Gasteiger partial charge in [0.2, 0.25) is 0 Å². The Bertz CT molecular complexity index is 202. The minimum atomic E-state index is 0.368. The number of nitrogens with two attached hydrogens (primary N) is 1. The van der Waals surface area contributed by atoms with E-state index in [1.807, 2.05) is 0 Å². The summed E-state index contributed by atoms with van der Waals surface area (Å²) in [5.41, 5.74) is 6.38.